The van der Waals surface area contributed by atoms with Gasteiger partial charge in [0.05, 0.1) is 0 Å². The van der Waals surface area contributed by atoms with Gasteiger partial charge in [0.2, 0.25) is 0 Å². The number of aromatic nitrogens is 1. The maximum atomic E-state index is 13.7. The van der Waals surface area contributed by atoms with Gasteiger partial charge in [-0.25, -0.2) is 4.39 Å². The molecular formula is C14H15FN2. The molecular weight excluding hydrogens is 215 g/mol. The second-order valence-electron chi connectivity index (χ2n) is 3.99. The largest absolute Gasteiger partial charge is 0.316 e. The Hall–Kier alpha value is -1.74. The van der Waals surface area contributed by atoms with Crippen molar-refractivity contribution in [2.75, 3.05) is 7.05 Å². The smallest absolute Gasteiger partial charge is 0.126 e. The number of nitrogens with one attached hydrogen (secondary N) is 1. The van der Waals surface area contributed by atoms with Gasteiger partial charge < -0.3 is 5.32 Å². The third kappa shape index (κ3) is 3.11. The molecule has 0 amide bonds. The van der Waals surface area contributed by atoms with E-state index in [1.165, 1.54) is 6.07 Å². The van der Waals surface area contributed by atoms with Crippen molar-refractivity contribution in [2.45, 2.75) is 13.0 Å². The molecule has 1 aromatic carbocycles. The van der Waals surface area contributed by atoms with E-state index in [0.717, 1.165) is 17.7 Å². The molecule has 1 N–H and O–H groups in total. The number of hydrogen-bond acceptors (Lipinski definition) is 2. The van der Waals surface area contributed by atoms with Crippen molar-refractivity contribution in [3.8, 4) is 0 Å². The van der Waals surface area contributed by atoms with E-state index in [2.05, 4.69) is 10.3 Å². The highest BCUT2D eigenvalue weighted by Gasteiger charge is 2.04. The molecule has 1 heterocycles. The van der Waals surface area contributed by atoms with Crippen molar-refractivity contribution >= 4 is 0 Å². The van der Waals surface area contributed by atoms with Crippen LogP contribution < -0.4 is 5.32 Å². The number of rotatable bonds is 4. The predicted molar refractivity (Wildman–Crippen MR) is 66.2 cm³/mol. The van der Waals surface area contributed by atoms with Crippen molar-refractivity contribution in [3.05, 3.63) is 65.2 Å². The van der Waals surface area contributed by atoms with Crippen LogP contribution in [0.5, 0.6) is 0 Å². The van der Waals surface area contributed by atoms with E-state index in [0.29, 0.717) is 12.0 Å². The van der Waals surface area contributed by atoms with Gasteiger partial charge in [-0.1, -0.05) is 18.2 Å². The van der Waals surface area contributed by atoms with Crippen molar-refractivity contribution in [2.24, 2.45) is 0 Å². The maximum absolute atomic E-state index is 13.7. The molecule has 0 atom stereocenters. The summed E-state index contributed by atoms with van der Waals surface area (Å²) in [7, 11) is 1.88. The molecule has 0 spiro atoms. The minimum atomic E-state index is -0.159. The summed E-state index contributed by atoms with van der Waals surface area (Å²) in [4.78, 5) is 4.03. The Balaban J connectivity index is 2.22. The first-order valence-electron chi connectivity index (χ1n) is 5.60. The molecule has 0 aliphatic heterocycles. The zero-order valence-electron chi connectivity index (χ0n) is 9.78. The van der Waals surface area contributed by atoms with E-state index < -0.39 is 0 Å². The molecule has 0 fully saturated rings. The van der Waals surface area contributed by atoms with Crippen LogP contribution in [0.15, 0.2) is 42.7 Å². The lowest BCUT2D eigenvalue weighted by atomic mass is 10.0. The SMILES string of the molecule is CNCc1ccc(F)c(Cc2cccnc2)c1. The summed E-state index contributed by atoms with van der Waals surface area (Å²) >= 11 is 0. The molecule has 1 aromatic heterocycles. The molecule has 0 unspecified atom stereocenters. The normalized spacial score (nSPS) is 10.5. The van der Waals surface area contributed by atoms with Crippen molar-refractivity contribution in [3.63, 3.8) is 0 Å². The lowest BCUT2D eigenvalue weighted by Crippen LogP contribution is -2.06. The van der Waals surface area contributed by atoms with Crippen LogP contribution in [0.4, 0.5) is 4.39 Å². The Bertz CT molecular complexity index is 483. The summed E-state index contributed by atoms with van der Waals surface area (Å²) in [5.41, 5.74) is 2.83. The number of benzene rings is 1. The topological polar surface area (TPSA) is 24.9 Å². The summed E-state index contributed by atoms with van der Waals surface area (Å²) < 4.78 is 13.7. The number of nitrogens with zero attached hydrogens (tertiary/aromatic N) is 1. The molecule has 0 radical (unpaired) electrons. The van der Waals surface area contributed by atoms with Crippen LogP contribution in [0, 0.1) is 5.82 Å². The number of halogens is 1. The fourth-order valence-electron chi connectivity index (χ4n) is 1.80. The van der Waals surface area contributed by atoms with E-state index in [1.807, 2.05) is 25.2 Å². The second kappa shape index (κ2) is 5.55. The minimum Gasteiger partial charge on any atom is -0.316 e. The zero-order valence-corrected chi connectivity index (χ0v) is 9.78. The summed E-state index contributed by atoms with van der Waals surface area (Å²) in [5.74, 6) is -0.159. The zero-order chi connectivity index (χ0) is 12.1. The first-order chi connectivity index (χ1) is 8.29. The van der Waals surface area contributed by atoms with Gasteiger partial charge in [-0.05, 0) is 35.9 Å². The lowest BCUT2D eigenvalue weighted by Gasteiger charge is -2.06. The predicted octanol–water partition coefficient (Wildman–Crippen LogP) is 2.53. The molecule has 0 aliphatic carbocycles. The van der Waals surface area contributed by atoms with E-state index in [-0.39, 0.29) is 5.82 Å². The molecule has 88 valence electrons. The fourth-order valence-corrected chi connectivity index (χ4v) is 1.80. The number of hydrogen-bond donors (Lipinski definition) is 1. The molecule has 3 heteroatoms. The molecule has 17 heavy (non-hydrogen) atoms. The highest BCUT2D eigenvalue weighted by molar-refractivity contribution is 5.29. The third-order valence-electron chi connectivity index (χ3n) is 2.61. The van der Waals surface area contributed by atoms with Gasteiger partial charge >= 0.3 is 0 Å². The lowest BCUT2D eigenvalue weighted by molar-refractivity contribution is 0.612. The van der Waals surface area contributed by atoms with Crippen LogP contribution in [0.3, 0.4) is 0 Å². The van der Waals surface area contributed by atoms with Gasteiger partial charge in [0.25, 0.3) is 0 Å². The van der Waals surface area contributed by atoms with Gasteiger partial charge in [-0.3, -0.25) is 4.98 Å². The van der Waals surface area contributed by atoms with Crippen molar-refractivity contribution in [1.29, 1.82) is 0 Å². The summed E-state index contributed by atoms with van der Waals surface area (Å²) in [6.45, 7) is 0.750. The Labute approximate surface area is 101 Å². The van der Waals surface area contributed by atoms with Crippen LogP contribution >= 0.6 is 0 Å². The molecule has 0 saturated carbocycles. The van der Waals surface area contributed by atoms with Gasteiger partial charge in [0, 0.05) is 25.4 Å². The van der Waals surface area contributed by atoms with Gasteiger partial charge in [-0.15, -0.1) is 0 Å². The van der Waals surface area contributed by atoms with Crippen LogP contribution in [0.1, 0.15) is 16.7 Å². The third-order valence-corrected chi connectivity index (χ3v) is 2.61. The molecule has 0 saturated heterocycles. The van der Waals surface area contributed by atoms with Gasteiger partial charge in [0.15, 0.2) is 0 Å². The average molecular weight is 230 g/mol. The fraction of sp³-hybridized carbons (Fsp3) is 0.214. The summed E-state index contributed by atoms with van der Waals surface area (Å²) in [6.07, 6.45) is 4.07. The minimum absolute atomic E-state index is 0.159. The maximum Gasteiger partial charge on any atom is 0.126 e. The quantitative estimate of drug-likeness (QED) is 0.873. The van der Waals surface area contributed by atoms with E-state index in [4.69, 9.17) is 0 Å². The molecule has 2 aromatic rings. The van der Waals surface area contributed by atoms with Crippen molar-refractivity contribution in [1.82, 2.24) is 10.3 Å². The van der Waals surface area contributed by atoms with Crippen LogP contribution in [0.25, 0.3) is 0 Å². The summed E-state index contributed by atoms with van der Waals surface area (Å²) in [6, 6.07) is 9.05. The van der Waals surface area contributed by atoms with Crippen LogP contribution in [-0.2, 0) is 13.0 Å². The van der Waals surface area contributed by atoms with Gasteiger partial charge in [-0.2, -0.15) is 0 Å². The number of pyridine rings is 1. The Morgan fingerprint density at radius 1 is 1.24 bits per heavy atom. The highest BCUT2D eigenvalue weighted by atomic mass is 19.1. The first-order valence-corrected chi connectivity index (χ1v) is 5.60. The van der Waals surface area contributed by atoms with Crippen LogP contribution in [-0.4, -0.2) is 12.0 Å². The average Bonchev–Trinajstić information content (AvgIpc) is 2.35. The Morgan fingerprint density at radius 2 is 2.12 bits per heavy atom. The molecule has 2 rings (SSSR count). The van der Waals surface area contributed by atoms with E-state index in [9.17, 15) is 4.39 Å². The van der Waals surface area contributed by atoms with Gasteiger partial charge in [0.1, 0.15) is 5.82 Å². The highest BCUT2D eigenvalue weighted by Crippen LogP contribution is 2.15. The van der Waals surface area contributed by atoms with Crippen molar-refractivity contribution < 1.29 is 4.39 Å². The summed E-state index contributed by atoms with van der Waals surface area (Å²) in [5, 5.41) is 3.06. The Kier molecular flexibility index (Phi) is 3.83. The van der Waals surface area contributed by atoms with E-state index >= 15 is 0 Å². The van der Waals surface area contributed by atoms with Crippen LogP contribution in [0.2, 0.25) is 0 Å². The Morgan fingerprint density at radius 3 is 2.82 bits per heavy atom. The first kappa shape index (κ1) is 11.7. The van der Waals surface area contributed by atoms with E-state index in [1.54, 1.807) is 18.5 Å². The molecule has 0 bridgehead atoms. The molecule has 0 aliphatic rings. The molecule has 2 nitrogen and oxygen atoms in total. The standard InChI is InChI=1S/C14H15FN2/c1-16-9-12-4-5-14(15)13(8-12)7-11-3-2-6-17-10-11/h2-6,8,10,16H,7,9H2,1H3. The second-order valence-corrected chi connectivity index (χ2v) is 3.99. The monoisotopic (exact) mass is 230 g/mol.